The molecule has 5 aromatic rings. The Morgan fingerprint density at radius 3 is 2.53 bits per heavy atom. The lowest BCUT2D eigenvalue weighted by molar-refractivity contribution is -0.137. The van der Waals surface area contributed by atoms with Crippen LogP contribution >= 0.6 is 0 Å². The summed E-state index contributed by atoms with van der Waals surface area (Å²) in [6.07, 6.45) is -0.344. The number of rotatable bonds is 3. The van der Waals surface area contributed by atoms with Crippen LogP contribution in [0.15, 0.2) is 55.1 Å². The molecular weight excluding hydrogens is 453 g/mol. The summed E-state index contributed by atoms with van der Waals surface area (Å²) in [5.74, 6) is -1.29. The van der Waals surface area contributed by atoms with E-state index in [1.807, 2.05) is 0 Å². The Kier molecular flexibility index (Phi) is 4.96. The number of nitrogens with zero attached hydrogens (tertiary/aromatic N) is 4. The first-order chi connectivity index (χ1) is 16.1. The minimum absolute atomic E-state index is 0.0443. The number of anilines is 1. The van der Waals surface area contributed by atoms with Gasteiger partial charge in [0, 0.05) is 48.1 Å². The van der Waals surface area contributed by atoms with Crippen LogP contribution in [0.3, 0.4) is 0 Å². The summed E-state index contributed by atoms with van der Waals surface area (Å²) in [6, 6.07) is 7.20. The maximum absolute atomic E-state index is 15.5. The van der Waals surface area contributed by atoms with Crippen LogP contribution in [0.25, 0.3) is 32.9 Å². The molecule has 0 aliphatic rings. The van der Waals surface area contributed by atoms with Crippen LogP contribution in [-0.4, -0.2) is 19.5 Å². The van der Waals surface area contributed by atoms with Crippen LogP contribution < -0.4 is 5.73 Å². The second kappa shape index (κ2) is 7.75. The Labute approximate surface area is 189 Å². The fourth-order valence-corrected chi connectivity index (χ4v) is 4.10. The number of fused-ring (bicyclic) bond motifs is 2. The average Bonchev–Trinajstić information content (AvgIpc) is 3.10. The highest BCUT2D eigenvalue weighted by Gasteiger charge is 2.31. The molecule has 10 heteroatoms. The fourth-order valence-electron chi connectivity index (χ4n) is 4.10. The van der Waals surface area contributed by atoms with Gasteiger partial charge in [-0.15, -0.1) is 0 Å². The molecule has 34 heavy (non-hydrogen) atoms. The second-order valence-electron chi connectivity index (χ2n) is 7.96. The van der Waals surface area contributed by atoms with Crippen molar-refractivity contribution in [2.45, 2.75) is 12.6 Å². The highest BCUT2D eigenvalue weighted by atomic mass is 19.4. The van der Waals surface area contributed by atoms with Crippen LogP contribution in [0.4, 0.5) is 27.8 Å². The van der Waals surface area contributed by atoms with Crippen LogP contribution in [0.2, 0.25) is 0 Å². The number of halogens is 5. The van der Waals surface area contributed by atoms with Gasteiger partial charge in [0.2, 0.25) is 0 Å². The van der Waals surface area contributed by atoms with Gasteiger partial charge in [-0.25, -0.2) is 18.7 Å². The summed E-state index contributed by atoms with van der Waals surface area (Å²) < 4.78 is 70.0. The highest BCUT2D eigenvalue weighted by Crippen LogP contribution is 2.36. The molecule has 5 rings (SSSR count). The molecule has 3 heterocycles. The molecule has 5 nitrogen and oxygen atoms in total. The average molecular weight is 469 g/mol. The quantitative estimate of drug-likeness (QED) is 0.347. The molecule has 0 atom stereocenters. The topological polar surface area (TPSA) is 69.6 Å². The van der Waals surface area contributed by atoms with Crippen LogP contribution in [0.5, 0.6) is 0 Å². The number of hydrogen-bond donors (Lipinski definition) is 1. The van der Waals surface area contributed by atoms with E-state index in [0.717, 1.165) is 12.1 Å². The maximum Gasteiger partial charge on any atom is 0.416 e. The number of nitrogen functional groups attached to an aromatic ring is 1. The van der Waals surface area contributed by atoms with Gasteiger partial charge in [-0.1, -0.05) is 12.1 Å². The number of aromatic nitrogens is 4. The third-order valence-electron chi connectivity index (χ3n) is 5.64. The number of aryl methyl sites for hydroxylation is 1. The van der Waals surface area contributed by atoms with E-state index in [2.05, 4.69) is 15.0 Å². The van der Waals surface area contributed by atoms with Crippen LogP contribution in [-0.2, 0) is 19.6 Å². The van der Waals surface area contributed by atoms with E-state index in [1.165, 1.54) is 12.5 Å². The molecule has 2 aromatic carbocycles. The lowest BCUT2D eigenvalue weighted by Crippen LogP contribution is -2.07. The largest absolute Gasteiger partial charge is 0.416 e. The zero-order chi connectivity index (χ0) is 24.2. The predicted molar refractivity (Wildman–Crippen MR) is 118 cm³/mol. The molecule has 0 spiro atoms. The first kappa shape index (κ1) is 21.7. The van der Waals surface area contributed by atoms with Crippen LogP contribution in [0.1, 0.15) is 16.8 Å². The summed E-state index contributed by atoms with van der Waals surface area (Å²) in [5.41, 5.74) is 6.80. The number of benzene rings is 2. The van der Waals surface area contributed by atoms with Crippen molar-refractivity contribution >= 4 is 27.6 Å². The standard InChI is InChI=1S/C24H16F5N5/c1-34-10-19(20-22(30)32-11-33-23(20)34)17-3-2-13-7-16(31-9-18(13)21(17)26)6-12-4-14(24(27,28)29)8-15(25)5-12/h2-5,7-11H,6H2,1H3,(H2,30,32,33). The van der Waals surface area contributed by atoms with Gasteiger partial charge in [0.05, 0.1) is 10.9 Å². The fraction of sp³-hybridized carbons (Fsp3) is 0.125. The normalized spacial score (nSPS) is 12.1. The summed E-state index contributed by atoms with van der Waals surface area (Å²) in [4.78, 5) is 12.4. The molecule has 0 aliphatic carbocycles. The van der Waals surface area contributed by atoms with Crippen molar-refractivity contribution in [1.29, 1.82) is 0 Å². The van der Waals surface area contributed by atoms with Crippen molar-refractivity contribution in [3.05, 3.63) is 83.6 Å². The highest BCUT2D eigenvalue weighted by molar-refractivity contribution is 6.02. The molecule has 0 saturated carbocycles. The Hall–Kier alpha value is -4.08. The number of hydrogen-bond acceptors (Lipinski definition) is 4. The van der Waals surface area contributed by atoms with Gasteiger partial charge < -0.3 is 10.3 Å². The predicted octanol–water partition coefficient (Wildman–Crippen LogP) is 5.65. The van der Waals surface area contributed by atoms with Gasteiger partial charge in [0.15, 0.2) is 0 Å². The monoisotopic (exact) mass is 469 g/mol. The van der Waals surface area contributed by atoms with Crippen molar-refractivity contribution in [1.82, 2.24) is 19.5 Å². The first-order valence-electron chi connectivity index (χ1n) is 10.1. The van der Waals surface area contributed by atoms with Gasteiger partial charge in [-0.3, -0.25) is 4.98 Å². The smallest absolute Gasteiger partial charge is 0.383 e. The Balaban J connectivity index is 1.55. The number of alkyl halides is 3. The Morgan fingerprint density at radius 2 is 1.76 bits per heavy atom. The molecule has 0 aliphatic heterocycles. The number of nitrogens with two attached hydrogens (primary N) is 1. The molecule has 3 aromatic heterocycles. The van der Waals surface area contributed by atoms with Gasteiger partial charge in [-0.2, -0.15) is 13.2 Å². The molecule has 0 unspecified atom stereocenters. The van der Waals surface area contributed by atoms with Gasteiger partial charge in [0.1, 0.15) is 29.4 Å². The van der Waals surface area contributed by atoms with E-state index in [9.17, 15) is 17.6 Å². The van der Waals surface area contributed by atoms with Crippen molar-refractivity contribution in [3.8, 4) is 11.1 Å². The van der Waals surface area contributed by atoms with Gasteiger partial charge in [-0.05, 0) is 35.2 Å². The maximum atomic E-state index is 15.5. The minimum atomic E-state index is -4.66. The summed E-state index contributed by atoms with van der Waals surface area (Å²) in [5, 5.41) is 1.26. The van der Waals surface area contributed by atoms with Crippen molar-refractivity contribution < 1.29 is 22.0 Å². The van der Waals surface area contributed by atoms with Gasteiger partial charge in [0.25, 0.3) is 0 Å². The Morgan fingerprint density at radius 1 is 0.971 bits per heavy atom. The molecule has 0 radical (unpaired) electrons. The molecule has 0 bridgehead atoms. The summed E-state index contributed by atoms with van der Waals surface area (Å²) in [6.45, 7) is 0. The summed E-state index contributed by atoms with van der Waals surface area (Å²) in [7, 11) is 1.77. The zero-order valence-corrected chi connectivity index (χ0v) is 17.7. The molecule has 0 saturated heterocycles. The Bertz CT molecular complexity index is 1570. The van der Waals surface area contributed by atoms with E-state index in [0.29, 0.717) is 33.7 Å². The van der Waals surface area contributed by atoms with Gasteiger partial charge >= 0.3 is 6.18 Å². The second-order valence-corrected chi connectivity index (χ2v) is 7.96. The first-order valence-corrected chi connectivity index (χ1v) is 10.1. The van der Waals surface area contributed by atoms with E-state index in [-0.39, 0.29) is 28.8 Å². The van der Waals surface area contributed by atoms with E-state index in [4.69, 9.17) is 5.73 Å². The molecule has 0 amide bonds. The van der Waals surface area contributed by atoms with Crippen LogP contribution in [0, 0.1) is 11.6 Å². The molecular formula is C24H16F5N5. The summed E-state index contributed by atoms with van der Waals surface area (Å²) >= 11 is 0. The third-order valence-corrected chi connectivity index (χ3v) is 5.64. The lowest BCUT2D eigenvalue weighted by Gasteiger charge is -2.10. The lowest BCUT2D eigenvalue weighted by atomic mass is 10.00. The van der Waals surface area contributed by atoms with E-state index in [1.54, 1.807) is 36.0 Å². The molecule has 172 valence electrons. The van der Waals surface area contributed by atoms with E-state index >= 15 is 4.39 Å². The minimum Gasteiger partial charge on any atom is -0.383 e. The molecule has 2 N–H and O–H groups in total. The van der Waals surface area contributed by atoms with E-state index < -0.39 is 23.4 Å². The third kappa shape index (κ3) is 3.70. The van der Waals surface area contributed by atoms with Crippen molar-refractivity contribution in [2.75, 3.05) is 5.73 Å². The zero-order valence-electron chi connectivity index (χ0n) is 17.7. The van der Waals surface area contributed by atoms with Crippen molar-refractivity contribution in [3.63, 3.8) is 0 Å². The van der Waals surface area contributed by atoms with Crippen molar-refractivity contribution in [2.24, 2.45) is 7.05 Å². The SMILES string of the molecule is Cn1cc(-c2ccc3cc(Cc4cc(F)cc(C(F)(F)F)c4)ncc3c2F)c2c(N)ncnc21. The number of pyridine rings is 1. The molecule has 0 fully saturated rings.